The zero-order valence-corrected chi connectivity index (χ0v) is 16.4. The molecule has 1 unspecified atom stereocenters. The molecule has 6 nitrogen and oxygen atoms in total. The van der Waals surface area contributed by atoms with Crippen molar-refractivity contribution in [3.63, 3.8) is 0 Å². The van der Waals surface area contributed by atoms with Gasteiger partial charge in [0.25, 0.3) is 5.91 Å². The Morgan fingerprint density at radius 3 is 2.81 bits per heavy atom. The van der Waals surface area contributed by atoms with Gasteiger partial charge in [-0.25, -0.2) is 0 Å². The largest absolute Gasteiger partial charge is 0.496 e. The SMILES string of the molecule is BCC(O)CCN1CCC(CNC(=O)c2cc(Cl)c(N)cc2OC)CC1. The first kappa shape index (κ1) is 20.9. The van der Waals surface area contributed by atoms with Crippen molar-refractivity contribution in [3.8, 4) is 5.75 Å². The average molecular weight is 382 g/mol. The first-order valence-corrected chi connectivity index (χ1v) is 9.64. The zero-order valence-electron chi connectivity index (χ0n) is 15.6. The Morgan fingerprint density at radius 2 is 2.19 bits per heavy atom. The maximum Gasteiger partial charge on any atom is 0.255 e. The van der Waals surface area contributed by atoms with Crippen LogP contribution < -0.4 is 15.8 Å². The summed E-state index contributed by atoms with van der Waals surface area (Å²) in [6, 6.07) is 3.12. The van der Waals surface area contributed by atoms with Crippen LogP contribution in [0, 0.1) is 5.92 Å². The van der Waals surface area contributed by atoms with Crippen molar-refractivity contribution < 1.29 is 14.6 Å². The molecule has 2 rings (SSSR count). The van der Waals surface area contributed by atoms with Gasteiger partial charge in [-0.3, -0.25) is 4.79 Å². The number of nitrogens with one attached hydrogen (secondary N) is 1. The molecule has 0 saturated carbocycles. The van der Waals surface area contributed by atoms with Crippen LogP contribution >= 0.6 is 11.6 Å². The highest BCUT2D eigenvalue weighted by Crippen LogP contribution is 2.29. The average Bonchev–Trinajstić information content (AvgIpc) is 2.66. The number of anilines is 1. The Bertz CT molecular complexity index is 610. The molecule has 1 heterocycles. The molecule has 1 atom stereocenters. The smallest absolute Gasteiger partial charge is 0.255 e. The van der Waals surface area contributed by atoms with Crippen molar-refractivity contribution in [2.75, 3.05) is 39.0 Å². The summed E-state index contributed by atoms with van der Waals surface area (Å²) in [4.78, 5) is 14.9. The number of hydrogen-bond donors (Lipinski definition) is 3. The Kier molecular flexibility index (Phi) is 8.06. The van der Waals surface area contributed by atoms with Crippen LogP contribution in [-0.2, 0) is 0 Å². The summed E-state index contributed by atoms with van der Waals surface area (Å²) >= 11 is 6.03. The maximum atomic E-state index is 12.5. The minimum Gasteiger partial charge on any atom is -0.496 e. The van der Waals surface area contributed by atoms with Gasteiger partial charge < -0.3 is 25.8 Å². The molecule has 1 aliphatic rings. The molecular formula is C18H29BClN3O3. The van der Waals surface area contributed by atoms with Crippen LogP contribution in [0.15, 0.2) is 12.1 Å². The molecule has 1 saturated heterocycles. The Morgan fingerprint density at radius 1 is 1.50 bits per heavy atom. The van der Waals surface area contributed by atoms with Crippen molar-refractivity contribution in [2.45, 2.75) is 31.7 Å². The van der Waals surface area contributed by atoms with Crippen LogP contribution in [-0.4, -0.2) is 63.2 Å². The molecule has 1 aliphatic heterocycles. The molecule has 1 aromatic carbocycles. The van der Waals surface area contributed by atoms with E-state index in [1.807, 2.05) is 7.85 Å². The number of benzene rings is 1. The summed E-state index contributed by atoms with van der Waals surface area (Å²) in [5.74, 6) is 0.687. The molecule has 1 aromatic rings. The minimum absolute atomic E-state index is 0.197. The first-order chi connectivity index (χ1) is 12.4. The molecule has 26 heavy (non-hydrogen) atoms. The fraction of sp³-hybridized carbons (Fsp3) is 0.611. The van der Waals surface area contributed by atoms with E-state index < -0.39 is 0 Å². The Balaban J connectivity index is 1.80. The minimum atomic E-state index is -0.200. The summed E-state index contributed by atoms with van der Waals surface area (Å²) in [5.41, 5.74) is 6.55. The van der Waals surface area contributed by atoms with Gasteiger partial charge in [0.05, 0.1) is 23.4 Å². The van der Waals surface area contributed by atoms with Gasteiger partial charge in [0.15, 0.2) is 0 Å². The van der Waals surface area contributed by atoms with Gasteiger partial charge in [-0.2, -0.15) is 0 Å². The second-order valence-electron chi connectivity index (χ2n) is 6.92. The van der Waals surface area contributed by atoms with Crippen LogP contribution in [0.3, 0.4) is 0 Å². The van der Waals surface area contributed by atoms with Gasteiger partial charge in [-0.15, -0.1) is 0 Å². The molecule has 4 N–H and O–H groups in total. The molecule has 144 valence electrons. The normalized spacial score (nSPS) is 17.0. The van der Waals surface area contributed by atoms with E-state index in [2.05, 4.69) is 10.2 Å². The number of hydrogen-bond acceptors (Lipinski definition) is 5. The second-order valence-corrected chi connectivity index (χ2v) is 7.33. The monoisotopic (exact) mass is 381 g/mol. The molecule has 0 radical (unpaired) electrons. The molecule has 8 heteroatoms. The molecule has 0 aliphatic carbocycles. The lowest BCUT2D eigenvalue weighted by Gasteiger charge is -2.32. The van der Waals surface area contributed by atoms with Crippen LogP contribution in [0.5, 0.6) is 5.75 Å². The standard InChI is InChI=1S/C18H29BClN3O3/c1-26-17-9-16(21)15(20)8-14(17)18(25)22-11-12-2-5-23(6-3-12)7-4-13(24)10-19/h8-9,12-13,24H,2-7,10-11,19,21H2,1H3,(H,22,25). The number of carbonyl (C=O) groups excluding carboxylic acids is 1. The number of nitrogens with two attached hydrogens (primary N) is 1. The lowest BCUT2D eigenvalue weighted by atomic mass is 9.95. The van der Waals surface area contributed by atoms with E-state index in [0.717, 1.165) is 45.2 Å². The van der Waals surface area contributed by atoms with Crippen LogP contribution in [0.1, 0.15) is 29.6 Å². The lowest BCUT2D eigenvalue weighted by Crippen LogP contribution is -2.39. The third-order valence-corrected chi connectivity index (χ3v) is 5.40. The summed E-state index contributed by atoms with van der Waals surface area (Å²) in [6.07, 6.45) is 3.52. The third kappa shape index (κ3) is 5.79. The zero-order chi connectivity index (χ0) is 19.1. The topological polar surface area (TPSA) is 87.8 Å². The molecule has 0 bridgehead atoms. The Labute approximate surface area is 161 Å². The number of rotatable bonds is 8. The van der Waals surface area contributed by atoms with Gasteiger partial charge in [-0.1, -0.05) is 17.9 Å². The first-order valence-electron chi connectivity index (χ1n) is 9.26. The van der Waals surface area contributed by atoms with Crippen molar-refractivity contribution in [1.82, 2.24) is 10.2 Å². The summed E-state index contributed by atoms with van der Waals surface area (Å²) < 4.78 is 5.24. The number of nitrogen functional groups attached to an aromatic ring is 1. The number of carbonyl (C=O) groups is 1. The molecule has 0 spiro atoms. The number of piperidine rings is 1. The molecular weight excluding hydrogens is 352 g/mol. The van der Waals surface area contributed by atoms with Gasteiger partial charge in [0.2, 0.25) is 0 Å². The van der Waals surface area contributed by atoms with Crippen molar-refractivity contribution >= 4 is 31.0 Å². The van der Waals surface area contributed by atoms with Crippen molar-refractivity contribution in [2.24, 2.45) is 5.92 Å². The maximum absolute atomic E-state index is 12.5. The van der Waals surface area contributed by atoms with Gasteiger partial charge in [-0.05, 0) is 44.3 Å². The lowest BCUT2D eigenvalue weighted by molar-refractivity contribution is 0.0927. The van der Waals surface area contributed by atoms with Crippen LogP contribution in [0.4, 0.5) is 5.69 Å². The number of aliphatic hydroxyl groups excluding tert-OH is 1. The number of likely N-dealkylation sites (tertiary alicyclic amines) is 1. The predicted molar refractivity (Wildman–Crippen MR) is 108 cm³/mol. The highest BCUT2D eigenvalue weighted by Gasteiger charge is 2.21. The van der Waals surface area contributed by atoms with Crippen LogP contribution in [0.2, 0.25) is 11.3 Å². The number of halogens is 1. The number of nitrogens with zero attached hydrogens (tertiary/aromatic N) is 1. The van der Waals surface area contributed by atoms with Gasteiger partial charge >= 0.3 is 0 Å². The number of methoxy groups -OCH3 is 1. The van der Waals surface area contributed by atoms with E-state index in [4.69, 9.17) is 22.1 Å². The molecule has 1 amide bonds. The summed E-state index contributed by atoms with van der Waals surface area (Å²) in [5, 5.41) is 13.0. The van der Waals surface area contributed by atoms with E-state index >= 15 is 0 Å². The number of aliphatic hydroxyl groups is 1. The van der Waals surface area contributed by atoms with E-state index in [1.165, 1.54) is 7.11 Å². The van der Waals surface area contributed by atoms with E-state index in [1.54, 1.807) is 12.1 Å². The van der Waals surface area contributed by atoms with Crippen LogP contribution in [0.25, 0.3) is 0 Å². The van der Waals surface area contributed by atoms with Gasteiger partial charge in [0.1, 0.15) is 13.6 Å². The van der Waals surface area contributed by atoms with E-state index in [0.29, 0.717) is 34.5 Å². The summed E-state index contributed by atoms with van der Waals surface area (Å²) in [7, 11) is 3.51. The van der Waals surface area contributed by atoms with E-state index in [9.17, 15) is 9.90 Å². The summed E-state index contributed by atoms with van der Waals surface area (Å²) in [6.45, 7) is 3.59. The predicted octanol–water partition coefficient (Wildman–Crippen LogP) is 1.17. The molecule has 0 aromatic heterocycles. The van der Waals surface area contributed by atoms with E-state index in [-0.39, 0.29) is 12.0 Å². The third-order valence-electron chi connectivity index (χ3n) is 5.07. The Hall–Kier alpha value is -1.44. The quantitative estimate of drug-likeness (QED) is 0.465. The molecule has 1 fully saturated rings. The number of amides is 1. The number of ether oxygens (including phenoxy) is 1. The second kappa shape index (κ2) is 10.0. The fourth-order valence-electron chi connectivity index (χ4n) is 3.20. The highest BCUT2D eigenvalue weighted by atomic mass is 35.5. The van der Waals surface area contributed by atoms with Gasteiger partial charge in [0, 0.05) is 25.3 Å². The highest BCUT2D eigenvalue weighted by molar-refractivity contribution is 6.33. The van der Waals surface area contributed by atoms with Crippen molar-refractivity contribution in [1.29, 1.82) is 0 Å². The fourth-order valence-corrected chi connectivity index (χ4v) is 3.36. The van der Waals surface area contributed by atoms with Crippen molar-refractivity contribution in [3.05, 3.63) is 22.7 Å².